The van der Waals surface area contributed by atoms with E-state index in [9.17, 15) is 5.26 Å². The molecular formula is C42H26N4. The fourth-order valence-electron chi connectivity index (χ4n) is 6.18. The number of hydrogen-bond donors (Lipinski definition) is 0. The van der Waals surface area contributed by atoms with E-state index in [1.807, 2.05) is 84.9 Å². The monoisotopic (exact) mass is 586 g/mol. The lowest BCUT2D eigenvalue weighted by Gasteiger charge is -2.19. The normalized spacial score (nSPS) is 11.0. The van der Waals surface area contributed by atoms with Crippen LogP contribution in [-0.2, 0) is 0 Å². The molecule has 0 radical (unpaired) electrons. The van der Waals surface area contributed by atoms with Gasteiger partial charge in [-0.2, -0.15) is 5.26 Å². The second-order valence-electron chi connectivity index (χ2n) is 11.1. The van der Waals surface area contributed by atoms with Gasteiger partial charge in [0.15, 0.2) is 17.5 Å². The van der Waals surface area contributed by atoms with E-state index >= 15 is 0 Å². The highest BCUT2D eigenvalue weighted by atomic mass is 15.0. The van der Waals surface area contributed by atoms with Crippen LogP contribution in [0.3, 0.4) is 0 Å². The summed E-state index contributed by atoms with van der Waals surface area (Å²) in [7, 11) is 0. The highest BCUT2D eigenvalue weighted by Gasteiger charge is 2.18. The molecule has 0 bridgehead atoms. The Morgan fingerprint density at radius 1 is 0.326 bits per heavy atom. The van der Waals surface area contributed by atoms with Crippen LogP contribution in [0, 0.1) is 11.3 Å². The molecule has 4 nitrogen and oxygen atoms in total. The molecule has 7 aromatic carbocycles. The van der Waals surface area contributed by atoms with Crippen LogP contribution in [0.4, 0.5) is 0 Å². The van der Waals surface area contributed by atoms with Gasteiger partial charge in [0, 0.05) is 16.7 Å². The van der Waals surface area contributed by atoms with Gasteiger partial charge >= 0.3 is 0 Å². The second-order valence-corrected chi connectivity index (χ2v) is 11.1. The molecule has 1 heterocycles. The maximum absolute atomic E-state index is 9.46. The molecule has 0 fully saturated rings. The molecule has 0 spiro atoms. The first-order valence-corrected chi connectivity index (χ1v) is 15.2. The second kappa shape index (κ2) is 11.6. The summed E-state index contributed by atoms with van der Waals surface area (Å²) in [6.45, 7) is 0. The Balaban J connectivity index is 1.32. The van der Waals surface area contributed by atoms with E-state index in [2.05, 4.69) is 78.9 Å². The first kappa shape index (κ1) is 27.1. The molecule has 0 aliphatic carbocycles. The first-order chi connectivity index (χ1) is 22.8. The minimum Gasteiger partial charge on any atom is -0.208 e. The van der Waals surface area contributed by atoms with Crippen LogP contribution in [0.15, 0.2) is 158 Å². The molecule has 1 aromatic heterocycles. The van der Waals surface area contributed by atoms with Gasteiger partial charge in [-0.15, -0.1) is 0 Å². The summed E-state index contributed by atoms with van der Waals surface area (Å²) in [6.07, 6.45) is 0. The number of nitrogens with zero attached hydrogens (tertiary/aromatic N) is 4. The Labute approximate surface area is 266 Å². The zero-order chi connectivity index (χ0) is 30.9. The Morgan fingerprint density at radius 3 is 1.07 bits per heavy atom. The third-order valence-electron chi connectivity index (χ3n) is 8.37. The highest BCUT2D eigenvalue weighted by molar-refractivity contribution is 6.21. The largest absolute Gasteiger partial charge is 0.208 e. The molecule has 0 aliphatic heterocycles. The number of rotatable bonds is 5. The maximum Gasteiger partial charge on any atom is 0.164 e. The van der Waals surface area contributed by atoms with Gasteiger partial charge in [-0.1, -0.05) is 146 Å². The van der Waals surface area contributed by atoms with Crippen molar-refractivity contribution in [2.75, 3.05) is 0 Å². The smallest absolute Gasteiger partial charge is 0.164 e. The van der Waals surface area contributed by atoms with Crippen LogP contribution in [0.2, 0.25) is 0 Å². The third-order valence-corrected chi connectivity index (χ3v) is 8.37. The zero-order valence-corrected chi connectivity index (χ0v) is 24.8. The molecule has 214 valence electrons. The number of aromatic nitrogens is 3. The van der Waals surface area contributed by atoms with Gasteiger partial charge in [-0.05, 0) is 55.9 Å². The predicted molar refractivity (Wildman–Crippen MR) is 187 cm³/mol. The van der Waals surface area contributed by atoms with Crippen molar-refractivity contribution in [3.63, 3.8) is 0 Å². The lowest BCUT2D eigenvalue weighted by molar-refractivity contribution is 1.07. The van der Waals surface area contributed by atoms with Crippen molar-refractivity contribution in [3.05, 3.63) is 163 Å². The average Bonchev–Trinajstić information content (AvgIpc) is 3.15. The summed E-state index contributed by atoms with van der Waals surface area (Å²) in [5.41, 5.74) is 7.88. The molecule has 46 heavy (non-hydrogen) atoms. The van der Waals surface area contributed by atoms with Crippen molar-refractivity contribution < 1.29 is 0 Å². The van der Waals surface area contributed by atoms with Crippen molar-refractivity contribution in [3.8, 4) is 62.5 Å². The zero-order valence-electron chi connectivity index (χ0n) is 24.8. The summed E-state index contributed by atoms with van der Waals surface area (Å²) >= 11 is 0. The fraction of sp³-hybridized carbons (Fsp3) is 0. The van der Waals surface area contributed by atoms with Crippen LogP contribution in [0.1, 0.15) is 5.56 Å². The third kappa shape index (κ3) is 4.87. The number of benzene rings is 7. The highest BCUT2D eigenvalue weighted by Crippen LogP contribution is 2.44. The summed E-state index contributed by atoms with van der Waals surface area (Å²) in [6, 6.07) is 55.8. The Morgan fingerprint density at radius 2 is 0.652 bits per heavy atom. The molecule has 4 heteroatoms. The van der Waals surface area contributed by atoms with Crippen molar-refractivity contribution in [1.82, 2.24) is 15.0 Å². The Kier molecular flexibility index (Phi) is 6.83. The van der Waals surface area contributed by atoms with Crippen molar-refractivity contribution in [2.24, 2.45) is 0 Å². The van der Waals surface area contributed by atoms with Crippen molar-refractivity contribution >= 4 is 21.5 Å². The summed E-state index contributed by atoms with van der Waals surface area (Å²) < 4.78 is 0. The lowest BCUT2D eigenvalue weighted by Crippen LogP contribution is -2.00. The van der Waals surface area contributed by atoms with Crippen LogP contribution in [0.5, 0.6) is 0 Å². The van der Waals surface area contributed by atoms with E-state index in [4.69, 9.17) is 15.0 Å². The van der Waals surface area contributed by atoms with Gasteiger partial charge < -0.3 is 0 Å². The van der Waals surface area contributed by atoms with E-state index in [-0.39, 0.29) is 0 Å². The number of nitriles is 1. The van der Waals surface area contributed by atoms with Crippen LogP contribution < -0.4 is 0 Å². The first-order valence-electron chi connectivity index (χ1n) is 15.2. The molecule has 0 saturated carbocycles. The quantitative estimate of drug-likeness (QED) is 0.188. The van der Waals surface area contributed by atoms with Gasteiger partial charge in [0.05, 0.1) is 11.6 Å². The van der Waals surface area contributed by atoms with E-state index in [0.29, 0.717) is 23.0 Å². The molecular weight excluding hydrogens is 560 g/mol. The van der Waals surface area contributed by atoms with Crippen molar-refractivity contribution in [1.29, 1.82) is 5.26 Å². The molecule has 0 atom stereocenters. The van der Waals surface area contributed by atoms with Crippen LogP contribution in [-0.4, -0.2) is 15.0 Å². The van der Waals surface area contributed by atoms with Gasteiger partial charge in [-0.3, -0.25) is 0 Å². The Hall–Kier alpha value is -6.44. The molecule has 8 rings (SSSR count). The van der Waals surface area contributed by atoms with Crippen LogP contribution in [0.25, 0.3) is 78.0 Å². The summed E-state index contributed by atoms with van der Waals surface area (Å²) in [5.74, 6) is 1.89. The van der Waals surface area contributed by atoms with E-state index in [0.717, 1.165) is 38.9 Å². The average molecular weight is 587 g/mol. The summed E-state index contributed by atoms with van der Waals surface area (Å²) in [4.78, 5) is 14.7. The topological polar surface area (TPSA) is 62.5 Å². The minimum absolute atomic E-state index is 0.620. The number of hydrogen-bond acceptors (Lipinski definition) is 4. The van der Waals surface area contributed by atoms with E-state index < -0.39 is 0 Å². The van der Waals surface area contributed by atoms with E-state index in [1.54, 1.807) is 0 Å². The number of fused-ring (bicyclic) bond motifs is 3. The minimum atomic E-state index is 0.620. The molecule has 0 unspecified atom stereocenters. The summed E-state index contributed by atoms with van der Waals surface area (Å²) in [5, 5.41) is 14.2. The lowest BCUT2D eigenvalue weighted by atomic mass is 9.84. The van der Waals surface area contributed by atoms with Crippen LogP contribution >= 0.6 is 0 Å². The van der Waals surface area contributed by atoms with E-state index in [1.165, 1.54) is 21.5 Å². The fourth-order valence-corrected chi connectivity index (χ4v) is 6.18. The molecule has 0 amide bonds. The van der Waals surface area contributed by atoms with Gasteiger partial charge in [0.25, 0.3) is 0 Å². The standard InChI is InChI=1S/C42H26N4/c43-27-28-19-21-29(22-20-28)38-36-17-9-7-15-34(36)35-16-8-10-18-37(35)39(38)30-23-25-33(26-24-30)42-45-40(31-11-3-1-4-12-31)44-41(46-42)32-13-5-2-6-14-32/h1-26H. The molecule has 0 aliphatic rings. The van der Waals surface area contributed by atoms with Crippen molar-refractivity contribution in [2.45, 2.75) is 0 Å². The molecule has 0 saturated heterocycles. The van der Waals surface area contributed by atoms with Gasteiger partial charge in [0.1, 0.15) is 0 Å². The predicted octanol–water partition coefficient (Wildman–Crippen LogP) is 10.4. The van der Waals surface area contributed by atoms with Gasteiger partial charge in [0.2, 0.25) is 0 Å². The Bertz CT molecular complexity index is 2330. The molecule has 0 N–H and O–H groups in total. The molecule has 8 aromatic rings. The maximum atomic E-state index is 9.46. The van der Waals surface area contributed by atoms with Gasteiger partial charge in [-0.25, -0.2) is 15.0 Å². The SMILES string of the molecule is N#Cc1ccc(-c2c(-c3ccc(-c4nc(-c5ccccc5)nc(-c5ccccc5)n4)cc3)c3ccccc3c3ccccc23)cc1.